The van der Waals surface area contributed by atoms with E-state index >= 15 is 4.39 Å². The molecule has 1 aliphatic rings. The van der Waals surface area contributed by atoms with E-state index in [0.29, 0.717) is 12.1 Å². The summed E-state index contributed by atoms with van der Waals surface area (Å²) >= 11 is 1.54. The summed E-state index contributed by atoms with van der Waals surface area (Å²) in [6.45, 7) is 0. The Balaban J connectivity index is 1.25. The van der Waals surface area contributed by atoms with Crippen LogP contribution in [0.1, 0.15) is 17.9 Å². The van der Waals surface area contributed by atoms with Gasteiger partial charge in [-0.3, -0.25) is 14.6 Å². The van der Waals surface area contributed by atoms with Crippen LogP contribution in [0.15, 0.2) is 79.4 Å². The van der Waals surface area contributed by atoms with E-state index in [-0.39, 0.29) is 11.6 Å². The number of carbonyl (C=O) groups excluding carboxylic acids is 2. The third-order valence-corrected chi connectivity index (χ3v) is 8.45. The molecule has 2 amide bonds. The molecule has 1 saturated carbocycles. The van der Waals surface area contributed by atoms with E-state index < -0.39 is 23.0 Å². The van der Waals surface area contributed by atoms with Crippen LogP contribution in [0, 0.1) is 11.2 Å². The number of halogens is 1. The minimum Gasteiger partial charge on any atom is -0.369 e. The average Bonchev–Trinajstić information content (AvgIpc) is 3.32. The van der Waals surface area contributed by atoms with E-state index in [9.17, 15) is 9.59 Å². The van der Waals surface area contributed by atoms with E-state index in [4.69, 9.17) is 5.73 Å². The first kappa shape index (κ1) is 24.7. The Morgan fingerprint density at radius 2 is 1.92 bits per heavy atom. The van der Waals surface area contributed by atoms with Crippen LogP contribution in [0.4, 0.5) is 21.5 Å². The molecule has 2 aromatic carbocycles. The van der Waals surface area contributed by atoms with Gasteiger partial charge < -0.3 is 20.5 Å². The van der Waals surface area contributed by atoms with Gasteiger partial charge in [0, 0.05) is 38.1 Å². The molecule has 2 atom stereocenters. The van der Waals surface area contributed by atoms with Gasteiger partial charge in [0.05, 0.1) is 38.5 Å². The summed E-state index contributed by atoms with van der Waals surface area (Å²) in [5.41, 5.74) is 8.21. The number of anilines is 3. The van der Waals surface area contributed by atoms with Crippen LogP contribution in [-0.2, 0) is 16.6 Å². The third-order valence-electron chi connectivity index (χ3n) is 7.28. The van der Waals surface area contributed by atoms with Crippen molar-refractivity contribution >= 4 is 50.4 Å². The molecule has 0 spiro atoms. The number of nitrogens with zero attached hydrogens (tertiary/aromatic N) is 4. The van der Waals surface area contributed by atoms with Crippen LogP contribution in [0.5, 0.6) is 0 Å². The predicted molar refractivity (Wildman–Crippen MR) is 150 cm³/mol. The highest BCUT2D eigenvalue weighted by atomic mass is 32.1. The third kappa shape index (κ3) is 4.22. The molecule has 1 fully saturated rings. The Kier molecular flexibility index (Phi) is 5.91. The van der Waals surface area contributed by atoms with Crippen LogP contribution >= 0.6 is 11.3 Å². The highest BCUT2D eigenvalue weighted by Crippen LogP contribution is 2.59. The zero-order valence-electron chi connectivity index (χ0n) is 21.3. The summed E-state index contributed by atoms with van der Waals surface area (Å²) < 4.78 is 18.2. The minimum absolute atomic E-state index is 0.252. The number of rotatable bonds is 7. The first-order valence-corrected chi connectivity index (χ1v) is 13.2. The standard InChI is InChI=1S/C29H25FN6O2S/c1-35-15-22(33-16-35)25-13-21-26(39-25)24(10-11-32-21)36(2)23-9-8-18(12-20(23)30)34-28(38)29(27(31)37)14-19(29)17-6-4-3-5-7-17/h3-13,15-16,19H,14H2,1-2H3,(H2,31,37)(H,34,38). The number of nitrogens with one attached hydrogen (secondary N) is 1. The molecule has 39 heavy (non-hydrogen) atoms. The number of amides is 2. The Morgan fingerprint density at radius 3 is 2.62 bits per heavy atom. The molecule has 10 heteroatoms. The number of thiophene rings is 1. The van der Waals surface area contributed by atoms with Crippen molar-refractivity contribution < 1.29 is 14.0 Å². The molecular formula is C29H25FN6O2S. The maximum absolute atomic E-state index is 15.4. The summed E-state index contributed by atoms with van der Waals surface area (Å²) in [6, 6.07) is 17.6. The largest absolute Gasteiger partial charge is 0.369 e. The number of hydrogen-bond acceptors (Lipinski definition) is 6. The maximum atomic E-state index is 15.4. The number of benzene rings is 2. The fourth-order valence-corrected chi connectivity index (χ4v) is 6.20. The number of imidazole rings is 1. The van der Waals surface area contributed by atoms with Gasteiger partial charge in [-0.2, -0.15) is 0 Å². The number of carbonyl (C=O) groups is 2. The normalized spacial score (nSPS) is 18.2. The summed E-state index contributed by atoms with van der Waals surface area (Å²) in [6.07, 6.45) is 5.69. The van der Waals surface area contributed by atoms with Crippen molar-refractivity contribution in [1.29, 1.82) is 0 Å². The van der Waals surface area contributed by atoms with Gasteiger partial charge in [-0.1, -0.05) is 30.3 Å². The highest BCUT2D eigenvalue weighted by molar-refractivity contribution is 7.22. The molecule has 5 aromatic rings. The molecule has 2 unspecified atom stereocenters. The number of nitrogens with two attached hydrogens (primary N) is 1. The molecule has 196 valence electrons. The second-order valence-corrected chi connectivity index (χ2v) is 10.8. The van der Waals surface area contributed by atoms with E-state index in [1.165, 1.54) is 17.4 Å². The van der Waals surface area contributed by atoms with E-state index in [1.807, 2.05) is 60.3 Å². The number of fused-ring (bicyclic) bond motifs is 1. The summed E-state index contributed by atoms with van der Waals surface area (Å²) in [4.78, 5) is 37.1. The van der Waals surface area contributed by atoms with Gasteiger partial charge >= 0.3 is 0 Å². The fourth-order valence-electron chi connectivity index (χ4n) is 5.07. The quantitative estimate of drug-likeness (QED) is 0.276. The Labute approximate surface area is 227 Å². The van der Waals surface area contributed by atoms with Gasteiger partial charge in [0.25, 0.3) is 0 Å². The van der Waals surface area contributed by atoms with Gasteiger partial charge in [-0.15, -0.1) is 11.3 Å². The lowest BCUT2D eigenvalue weighted by atomic mass is 9.97. The van der Waals surface area contributed by atoms with Gasteiger partial charge in [0.1, 0.15) is 11.2 Å². The van der Waals surface area contributed by atoms with Crippen molar-refractivity contribution in [3.8, 4) is 10.6 Å². The first-order chi connectivity index (χ1) is 18.8. The topological polar surface area (TPSA) is 106 Å². The molecule has 6 rings (SSSR count). The molecule has 0 aliphatic heterocycles. The first-order valence-electron chi connectivity index (χ1n) is 12.3. The van der Waals surface area contributed by atoms with Gasteiger partial charge in [-0.25, -0.2) is 9.37 Å². The molecule has 8 nitrogen and oxygen atoms in total. The van der Waals surface area contributed by atoms with Crippen LogP contribution in [-0.4, -0.2) is 33.4 Å². The summed E-state index contributed by atoms with van der Waals surface area (Å²) in [7, 11) is 3.69. The molecule has 3 heterocycles. The van der Waals surface area contributed by atoms with Crippen LogP contribution in [0.25, 0.3) is 20.8 Å². The van der Waals surface area contributed by atoms with Gasteiger partial charge in [0.15, 0.2) is 0 Å². The van der Waals surface area contributed by atoms with Crippen molar-refractivity contribution in [2.75, 3.05) is 17.3 Å². The lowest BCUT2D eigenvalue weighted by molar-refractivity contribution is -0.132. The lowest BCUT2D eigenvalue weighted by Crippen LogP contribution is -2.37. The van der Waals surface area contributed by atoms with Crippen molar-refractivity contribution in [2.24, 2.45) is 18.2 Å². The van der Waals surface area contributed by atoms with Crippen molar-refractivity contribution in [1.82, 2.24) is 14.5 Å². The smallest absolute Gasteiger partial charge is 0.240 e. The maximum Gasteiger partial charge on any atom is 0.240 e. The average molecular weight is 541 g/mol. The number of hydrogen-bond donors (Lipinski definition) is 2. The van der Waals surface area contributed by atoms with Crippen molar-refractivity contribution in [2.45, 2.75) is 12.3 Å². The number of aromatic nitrogens is 3. The Hall–Kier alpha value is -4.57. The van der Waals surface area contributed by atoms with Crippen molar-refractivity contribution in [3.63, 3.8) is 0 Å². The number of primary amides is 1. The number of pyridine rings is 1. The van der Waals surface area contributed by atoms with E-state index in [2.05, 4.69) is 15.3 Å². The molecule has 0 saturated heterocycles. The Morgan fingerprint density at radius 1 is 1.13 bits per heavy atom. The molecule has 3 N–H and O–H groups in total. The van der Waals surface area contributed by atoms with Crippen molar-refractivity contribution in [3.05, 3.63) is 90.8 Å². The molecule has 1 aliphatic carbocycles. The second-order valence-electron chi connectivity index (χ2n) is 9.76. The zero-order valence-corrected chi connectivity index (χ0v) is 22.1. The predicted octanol–water partition coefficient (Wildman–Crippen LogP) is 5.20. The monoisotopic (exact) mass is 540 g/mol. The molecule has 0 radical (unpaired) electrons. The minimum atomic E-state index is -1.35. The van der Waals surface area contributed by atoms with Crippen LogP contribution in [0.3, 0.4) is 0 Å². The van der Waals surface area contributed by atoms with Crippen LogP contribution < -0.4 is 16.0 Å². The highest BCUT2D eigenvalue weighted by Gasteiger charge is 2.65. The van der Waals surface area contributed by atoms with Crippen LogP contribution in [0.2, 0.25) is 0 Å². The Bertz CT molecular complexity index is 1730. The van der Waals surface area contributed by atoms with Gasteiger partial charge in [0.2, 0.25) is 11.8 Å². The SMILES string of the molecule is CN(c1ccc(NC(=O)C2(C(N)=O)CC2c2ccccc2)cc1F)c1ccnc2cc(-c3cn(C)cn3)sc12. The fraction of sp³-hybridized carbons (Fsp3) is 0.172. The van der Waals surface area contributed by atoms with Gasteiger partial charge in [-0.05, 0) is 42.3 Å². The second kappa shape index (κ2) is 9.32. The summed E-state index contributed by atoms with van der Waals surface area (Å²) in [5, 5.41) is 2.71. The summed E-state index contributed by atoms with van der Waals surface area (Å²) in [5.74, 6) is -2.04. The molecule has 0 bridgehead atoms. The number of aryl methyl sites for hydroxylation is 1. The van der Waals surface area contributed by atoms with E-state index in [0.717, 1.165) is 32.0 Å². The molecular weight excluding hydrogens is 515 g/mol. The molecule has 3 aromatic heterocycles. The lowest BCUT2D eigenvalue weighted by Gasteiger charge is -2.21. The van der Waals surface area contributed by atoms with E-state index in [1.54, 1.807) is 36.6 Å². The zero-order chi connectivity index (χ0) is 27.3.